The van der Waals surface area contributed by atoms with Gasteiger partial charge in [0.1, 0.15) is 0 Å². The summed E-state index contributed by atoms with van der Waals surface area (Å²) in [5.74, 6) is 0.816. The summed E-state index contributed by atoms with van der Waals surface area (Å²) in [6, 6.07) is 0. The molecule has 0 bridgehead atoms. The van der Waals surface area contributed by atoms with Crippen LogP contribution in [-0.2, 0) is 11.3 Å². The fourth-order valence-corrected chi connectivity index (χ4v) is 2.60. The van der Waals surface area contributed by atoms with E-state index in [2.05, 4.69) is 48.3 Å². The van der Waals surface area contributed by atoms with Gasteiger partial charge in [-0.3, -0.25) is 0 Å². The minimum atomic E-state index is 0.0906. The number of aromatic nitrogens is 1. The third-order valence-corrected chi connectivity index (χ3v) is 4.20. The van der Waals surface area contributed by atoms with Gasteiger partial charge in [-0.25, -0.2) is 9.98 Å². The lowest BCUT2D eigenvalue weighted by Gasteiger charge is -2.30. The Labute approximate surface area is 132 Å². The molecule has 1 atom stereocenters. The number of rotatable bonds is 6. The number of guanidine groups is 1. The first kappa shape index (κ1) is 17.9. The molecule has 0 aliphatic heterocycles. The lowest BCUT2D eigenvalue weighted by Crippen LogP contribution is -2.45. The van der Waals surface area contributed by atoms with Crippen LogP contribution in [-0.4, -0.2) is 37.2 Å². The largest absolute Gasteiger partial charge is 0.379 e. The van der Waals surface area contributed by atoms with Crippen LogP contribution in [0.4, 0.5) is 0 Å². The maximum Gasteiger partial charge on any atom is 0.191 e. The molecule has 0 saturated heterocycles. The maximum absolute atomic E-state index is 5.56. The van der Waals surface area contributed by atoms with Gasteiger partial charge >= 0.3 is 0 Å². The number of aliphatic imine (C=N–C) groups is 1. The summed E-state index contributed by atoms with van der Waals surface area (Å²) in [6.07, 6.45) is 0.131. The van der Waals surface area contributed by atoms with E-state index in [1.165, 1.54) is 4.88 Å². The normalized spacial score (nSPS) is 14.1. The fraction of sp³-hybridized carbons (Fsp3) is 0.733. The second-order valence-corrected chi connectivity index (χ2v) is 6.97. The molecule has 1 heterocycles. The van der Waals surface area contributed by atoms with Gasteiger partial charge in [-0.2, -0.15) is 0 Å². The predicted molar refractivity (Wildman–Crippen MR) is 89.9 cm³/mol. The molecule has 0 aliphatic carbocycles. The van der Waals surface area contributed by atoms with E-state index in [4.69, 9.17) is 4.74 Å². The Balaban J connectivity index is 2.62. The monoisotopic (exact) mass is 312 g/mol. The van der Waals surface area contributed by atoms with Crippen LogP contribution in [0, 0.1) is 12.3 Å². The van der Waals surface area contributed by atoms with Crippen LogP contribution < -0.4 is 10.6 Å². The lowest BCUT2D eigenvalue weighted by molar-refractivity contribution is 0.0205. The summed E-state index contributed by atoms with van der Waals surface area (Å²) in [6.45, 7) is 12.8. The molecule has 6 heteroatoms. The molecule has 0 amide bonds. The Hall–Kier alpha value is -1.14. The minimum absolute atomic E-state index is 0.0906. The molecule has 0 spiro atoms. The Kier molecular flexibility index (Phi) is 7.11. The van der Waals surface area contributed by atoms with Gasteiger partial charge in [-0.05, 0) is 19.3 Å². The highest BCUT2D eigenvalue weighted by Crippen LogP contribution is 2.21. The molecule has 0 radical (unpaired) electrons. The Bertz CT molecular complexity index is 451. The van der Waals surface area contributed by atoms with Crippen LogP contribution in [0.3, 0.4) is 0 Å². The second kappa shape index (κ2) is 8.34. The highest BCUT2D eigenvalue weighted by atomic mass is 32.1. The van der Waals surface area contributed by atoms with Crippen molar-refractivity contribution in [2.24, 2.45) is 10.4 Å². The zero-order valence-electron chi connectivity index (χ0n) is 14.0. The maximum atomic E-state index is 5.56. The van der Waals surface area contributed by atoms with E-state index in [9.17, 15) is 0 Å². The van der Waals surface area contributed by atoms with E-state index in [0.29, 0.717) is 6.54 Å². The SMILES string of the molecule is CCNC(=NCc1scnc1C)NCC(OC)C(C)(C)C. The molecule has 0 aromatic carbocycles. The first-order valence-electron chi connectivity index (χ1n) is 7.32. The molecule has 21 heavy (non-hydrogen) atoms. The molecule has 0 fully saturated rings. The lowest BCUT2D eigenvalue weighted by atomic mass is 9.89. The van der Waals surface area contributed by atoms with Crippen LogP contribution in [0.1, 0.15) is 38.3 Å². The number of ether oxygens (including phenoxy) is 1. The van der Waals surface area contributed by atoms with Gasteiger partial charge in [0, 0.05) is 25.1 Å². The van der Waals surface area contributed by atoms with Gasteiger partial charge in [0.2, 0.25) is 0 Å². The molecule has 1 unspecified atom stereocenters. The van der Waals surface area contributed by atoms with Gasteiger partial charge in [-0.1, -0.05) is 20.8 Å². The average Bonchev–Trinajstić information content (AvgIpc) is 2.80. The summed E-state index contributed by atoms with van der Waals surface area (Å²) in [5.41, 5.74) is 3.01. The first-order valence-corrected chi connectivity index (χ1v) is 8.20. The standard InChI is InChI=1S/C15H28N4OS/c1-7-16-14(17-8-12-11(2)19-10-21-12)18-9-13(20-6)15(3,4)5/h10,13H,7-9H2,1-6H3,(H2,16,17,18). The van der Waals surface area contributed by atoms with Gasteiger partial charge < -0.3 is 15.4 Å². The van der Waals surface area contributed by atoms with Crippen molar-refractivity contribution in [3.63, 3.8) is 0 Å². The molecule has 0 saturated carbocycles. The van der Waals surface area contributed by atoms with Crippen LogP contribution in [0.5, 0.6) is 0 Å². The van der Waals surface area contributed by atoms with Crippen molar-refractivity contribution in [2.45, 2.75) is 47.3 Å². The first-order chi connectivity index (χ1) is 9.88. The zero-order chi connectivity index (χ0) is 15.9. The zero-order valence-corrected chi connectivity index (χ0v) is 14.8. The average molecular weight is 312 g/mol. The topological polar surface area (TPSA) is 58.5 Å². The number of thiazole rings is 1. The van der Waals surface area contributed by atoms with Crippen molar-refractivity contribution in [1.29, 1.82) is 0 Å². The highest BCUT2D eigenvalue weighted by molar-refractivity contribution is 7.09. The smallest absolute Gasteiger partial charge is 0.191 e. The molecule has 1 rings (SSSR count). The number of nitrogens with one attached hydrogen (secondary N) is 2. The number of hydrogen-bond acceptors (Lipinski definition) is 4. The Morgan fingerprint density at radius 1 is 1.43 bits per heavy atom. The fourth-order valence-electron chi connectivity index (χ4n) is 1.90. The van der Waals surface area contributed by atoms with Gasteiger partial charge in [-0.15, -0.1) is 11.3 Å². The van der Waals surface area contributed by atoms with Gasteiger partial charge in [0.25, 0.3) is 0 Å². The van der Waals surface area contributed by atoms with Crippen LogP contribution >= 0.6 is 11.3 Å². The van der Waals surface area contributed by atoms with Crippen LogP contribution in [0.25, 0.3) is 0 Å². The summed E-state index contributed by atoms with van der Waals surface area (Å²) in [7, 11) is 1.75. The van der Waals surface area contributed by atoms with Crippen molar-refractivity contribution in [3.8, 4) is 0 Å². The third-order valence-electron chi connectivity index (χ3n) is 3.28. The van der Waals surface area contributed by atoms with Gasteiger partial charge in [0.15, 0.2) is 5.96 Å². The number of methoxy groups -OCH3 is 1. The molecule has 120 valence electrons. The quantitative estimate of drug-likeness (QED) is 0.626. The number of nitrogens with zero attached hydrogens (tertiary/aromatic N) is 2. The summed E-state index contributed by atoms with van der Waals surface area (Å²) < 4.78 is 5.56. The predicted octanol–water partition coefficient (Wildman–Crippen LogP) is 2.57. The summed E-state index contributed by atoms with van der Waals surface area (Å²) in [4.78, 5) is 10.1. The molecular weight excluding hydrogens is 284 g/mol. The molecule has 1 aromatic rings. The summed E-state index contributed by atoms with van der Waals surface area (Å²) in [5, 5.41) is 6.62. The van der Waals surface area contributed by atoms with E-state index in [-0.39, 0.29) is 11.5 Å². The number of aryl methyl sites for hydroxylation is 1. The van der Waals surface area contributed by atoms with Crippen LogP contribution in [0.2, 0.25) is 0 Å². The van der Waals surface area contributed by atoms with E-state index in [1.54, 1.807) is 18.4 Å². The number of hydrogen-bond donors (Lipinski definition) is 2. The van der Waals surface area contributed by atoms with Crippen molar-refractivity contribution < 1.29 is 4.74 Å². The van der Waals surface area contributed by atoms with Crippen molar-refractivity contribution in [2.75, 3.05) is 20.2 Å². The Morgan fingerprint density at radius 2 is 2.14 bits per heavy atom. The highest BCUT2D eigenvalue weighted by Gasteiger charge is 2.24. The van der Waals surface area contributed by atoms with E-state index in [1.807, 2.05) is 12.4 Å². The van der Waals surface area contributed by atoms with Crippen molar-refractivity contribution in [3.05, 3.63) is 16.1 Å². The van der Waals surface area contributed by atoms with Crippen molar-refractivity contribution >= 4 is 17.3 Å². The Morgan fingerprint density at radius 3 is 2.62 bits per heavy atom. The molecule has 0 aliphatic rings. The summed E-state index contributed by atoms with van der Waals surface area (Å²) >= 11 is 1.64. The minimum Gasteiger partial charge on any atom is -0.379 e. The van der Waals surface area contributed by atoms with Crippen molar-refractivity contribution in [1.82, 2.24) is 15.6 Å². The third kappa shape index (κ3) is 6.01. The molecule has 1 aromatic heterocycles. The van der Waals surface area contributed by atoms with Crippen LogP contribution in [0.15, 0.2) is 10.5 Å². The molecule has 5 nitrogen and oxygen atoms in total. The van der Waals surface area contributed by atoms with E-state index >= 15 is 0 Å². The van der Waals surface area contributed by atoms with E-state index < -0.39 is 0 Å². The molecule has 2 N–H and O–H groups in total. The second-order valence-electron chi connectivity index (χ2n) is 6.03. The van der Waals surface area contributed by atoms with E-state index in [0.717, 1.165) is 24.7 Å². The molecular formula is C15H28N4OS. The van der Waals surface area contributed by atoms with Gasteiger partial charge in [0.05, 0.1) is 23.9 Å².